The number of unbranched alkanes of at least 4 members (excludes halogenated alkanes) is 14. The molecule has 30 heavy (non-hydrogen) atoms. The molecule has 6 nitrogen and oxygen atoms in total. The highest BCUT2D eigenvalue weighted by Crippen LogP contribution is 2.15. The maximum atomic E-state index is 10.3. The first kappa shape index (κ1) is 29.3. The molecule has 0 bridgehead atoms. The second-order valence-electron chi connectivity index (χ2n) is 8.83. The number of aliphatic hydroxyl groups excluding tert-OH is 3. The maximum Gasteiger partial charge on any atom is 0.102 e. The highest BCUT2D eigenvalue weighted by atomic mass is 16.4. The second kappa shape index (κ2) is 21.5. The van der Waals surface area contributed by atoms with Crippen molar-refractivity contribution in [2.24, 2.45) is 0 Å². The van der Waals surface area contributed by atoms with E-state index in [1.807, 2.05) is 0 Å². The van der Waals surface area contributed by atoms with E-state index in [4.69, 9.17) is 0 Å². The van der Waals surface area contributed by atoms with Gasteiger partial charge in [-0.1, -0.05) is 77.0 Å². The van der Waals surface area contributed by atoms with E-state index < -0.39 is 5.97 Å². The lowest BCUT2D eigenvalue weighted by molar-refractivity contribution is -0.929. The maximum absolute atomic E-state index is 10.3. The number of carbonyl (C=O) groups is 1. The zero-order valence-corrected chi connectivity index (χ0v) is 19.4. The van der Waals surface area contributed by atoms with Crippen LogP contribution in [0.15, 0.2) is 0 Å². The number of aliphatic carboxylic acids is 1. The summed E-state index contributed by atoms with van der Waals surface area (Å²) in [6, 6.07) is 0. The van der Waals surface area contributed by atoms with Gasteiger partial charge in [0.25, 0.3) is 0 Å². The van der Waals surface area contributed by atoms with Gasteiger partial charge in [0.1, 0.15) is 19.6 Å². The number of nitrogens with zero attached hydrogens (tertiary/aromatic N) is 1. The van der Waals surface area contributed by atoms with Gasteiger partial charge in [-0.15, -0.1) is 0 Å². The minimum atomic E-state index is -0.926. The quantitative estimate of drug-likeness (QED) is 0.161. The molecule has 0 saturated heterocycles. The zero-order chi connectivity index (χ0) is 22.3. The molecule has 0 fully saturated rings. The van der Waals surface area contributed by atoms with Gasteiger partial charge in [-0.3, -0.25) is 0 Å². The van der Waals surface area contributed by atoms with Crippen molar-refractivity contribution in [2.45, 2.75) is 103 Å². The molecule has 0 heterocycles. The molecule has 0 aromatic carbocycles. The summed E-state index contributed by atoms with van der Waals surface area (Å²) >= 11 is 0. The number of hydrogen-bond donors (Lipinski definition) is 3. The molecule has 0 rings (SSSR count). The SMILES string of the molecule is O=C([O-])CCCCCCCCCCCCCCCCC[N+](CCO)(CCO)CCO. The smallest absolute Gasteiger partial charge is 0.102 e. The Morgan fingerprint density at radius 1 is 0.500 bits per heavy atom. The molecule has 0 atom stereocenters. The van der Waals surface area contributed by atoms with E-state index >= 15 is 0 Å². The first-order valence-electron chi connectivity index (χ1n) is 12.5. The van der Waals surface area contributed by atoms with E-state index in [1.165, 1.54) is 70.6 Å². The molecule has 0 amide bonds. The Balaban J connectivity index is 3.44. The van der Waals surface area contributed by atoms with Crippen molar-refractivity contribution < 1.29 is 29.7 Å². The van der Waals surface area contributed by atoms with Crippen LogP contribution in [-0.4, -0.2) is 71.8 Å². The molecule has 0 aliphatic rings. The Kier molecular flexibility index (Phi) is 21.0. The van der Waals surface area contributed by atoms with Gasteiger partial charge in [0.2, 0.25) is 0 Å². The normalized spacial score (nSPS) is 11.8. The average Bonchev–Trinajstić information content (AvgIpc) is 2.70. The molecule has 0 spiro atoms. The summed E-state index contributed by atoms with van der Waals surface area (Å²) < 4.78 is 0.628. The van der Waals surface area contributed by atoms with E-state index in [1.54, 1.807) is 0 Å². The zero-order valence-electron chi connectivity index (χ0n) is 19.4. The third-order valence-electron chi connectivity index (χ3n) is 6.24. The van der Waals surface area contributed by atoms with Crippen LogP contribution in [0.4, 0.5) is 0 Å². The van der Waals surface area contributed by atoms with Crippen LogP contribution in [0.3, 0.4) is 0 Å². The summed E-state index contributed by atoms with van der Waals surface area (Å²) in [7, 11) is 0. The van der Waals surface area contributed by atoms with Crippen LogP contribution >= 0.6 is 0 Å². The second-order valence-corrected chi connectivity index (χ2v) is 8.83. The molecule has 0 unspecified atom stereocenters. The fourth-order valence-corrected chi connectivity index (χ4v) is 4.32. The van der Waals surface area contributed by atoms with Gasteiger partial charge in [-0.25, -0.2) is 0 Å². The summed E-state index contributed by atoms with van der Waals surface area (Å²) in [5, 5.41) is 38.2. The van der Waals surface area contributed by atoms with E-state index in [9.17, 15) is 25.2 Å². The van der Waals surface area contributed by atoms with Crippen LogP contribution in [-0.2, 0) is 4.79 Å². The molecule has 180 valence electrons. The molecule has 0 aliphatic carbocycles. The number of hydrogen-bond acceptors (Lipinski definition) is 5. The van der Waals surface area contributed by atoms with Gasteiger partial charge < -0.3 is 29.7 Å². The lowest BCUT2D eigenvalue weighted by atomic mass is 10.0. The number of carbonyl (C=O) groups excluding carboxylic acids is 1. The number of aliphatic hydroxyl groups is 3. The number of carboxylic acid groups (broad SMARTS) is 1. The Hall–Kier alpha value is -0.690. The molecule has 0 saturated carbocycles. The molecule has 0 radical (unpaired) electrons. The Morgan fingerprint density at radius 3 is 1.10 bits per heavy atom. The Morgan fingerprint density at radius 2 is 0.800 bits per heavy atom. The first-order chi connectivity index (χ1) is 14.6. The van der Waals surface area contributed by atoms with Crippen molar-refractivity contribution in [3.8, 4) is 0 Å². The number of carboxylic acids is 1. The van der Waals surface area contributed by atoms with Gasteiger partial charge >= 0.3 is 0 Å². The third-order valence-corrected chi connectivity index (χ3v) is 6.24. The number of quaternary nitrogens is 1. The molecule has 0 aliphatic heterocycles. The van der Waals surface area contributed by atoms with E-state index in [0.717, 1.165) is 32.2 Å². The van der Waals surface area contributed by atoms with Crippen LogP contribution < -0.4 is 5.11 Å². The fourth-order valence-electron chi connectivity index (χ4n) is 4.32. The Labute approximate surface area is 184 Å². The minimum Gasteiger partial charge on any atom is -0.550 e. The first-order valence-corrected chi connectivity index (χ1v) is 12.5. The van der Waals surface area contributed by atoms with Crippen molar-refractivity contribution in [3.05, 3.63) is 0 Å². The average molecular weight is 432 g/mol. The lowest BCUT2D eigenvalue weighted by Gasteiger charge is -2.37. The van der Waals surface area contributed by atoms with Crippen LogP contribution in [0.1, 0.15) is 103 Å². The van der Waals surface area contributed by atoms with Crippen molar-refractivity contribution in [2.75, 3.05) is 46.0 Å². The van der Waals surface area contributed by atoms with Gasteiger partial charge in [0.05, 0.1) is 26.4 Å². The molecular formula is C24H49NO5. The predicted octanol–water partition coefficient (Wildman–Crippen LogP) is 2.77. The van der Waals surface area contributed by atoms with Gasteiger partial charge in [0, 0.05) is 5.97 Å². The highest BCUT2D eigenvalue weighted by molar-refractivity contribution is 5.63. The van der Waals surface area contributed by atoms with Gasteiger partial charge in [-0.2, -0.15) is 0 Å². The predicted molar refractivity (Wildman–Crippen MR) is 120 cm³/mol. The summed E-state index contributed by atoms with van der Waals surface area (Å²) in [5.41, 5.74) is 0. The minimum absolute atomic E-state index is 0.102. The number of rotatable bonds is 24. The van der Waals surface area contributed by atoms with Crippen molar-refractivity contribution >= 4 is 5.97 Å². The highest BCUT2D eigenvalue weighted by Gasteiger charge is 2.25. The molecule has 6 heteroatoms. The van der Waals surface area contributed by atoms with Crippen molar-refractivity contribution in [1.82, 2.24) is 0 Å². The van der Waals surface area contributed by atoms with Crippen LogP contribution in [0, 0.1) is 0 Å². The molecule has 3 N–H and O–H groups in total. The topological polar surface area (TPSA) is 101 Å². The van der Waals surface area contributed by atoms with E-state index in [2.05, 4.69) is 0 Å². The molecule has 0 aromatic heterocycles. The van der Waals surface area contributed by atoms with Crippen molar-refractivity contribution in [1.29, 1.82) is 0 Å². The fraction of sp³-hybridized carbons (Fsp3) is 0.958. The van der Waals surface area contributed by atoms with E-state index in [0.29, 0.717) is 24.1 Å². The van der Waals surface area contributed by atoms with Gasteiger partial charge in [-0.05, 0) is 25.7 Å². The summed E-state index contributed by atoms with van der Waals surface area (Å²) in [6.07, 6.45) is 18.3. The van der Waals surface area contributed by atoms with E-state index in [-0.39, 0.29) is 26.2 Å². The molecular weight excluding hydrogens is 382 g/mol. The van der Waals surface area contributed by atoms with Crippen LogP contribution in [0.25, 0.3) is 0 Å². The van der Waals surface area contributed by atoms with Crippen molar-refractivity contribution in [3.63, 3.8) is 0 Å². The summed E-state index contributed by atoms with van der Waals surface area (Å²) in [5.74, 6) is -0.926. The lowest BCUT2D eigenvalue weighted by Crippen LogP contribution is -2.53. The largest absolute Gasteiger partial charge is 0.550 e. The van der Waals surface area contributed by atoms with Crippen LogP contribution in [0.2, 0.25) is 0 Å². The Bertz CT molecular complexity index is 362. The standard InChI is InChI=1S/C24H49NO5/c26-21-18-25(19-22-27,20-23-28)17-15-13-11-9-7-5-3-1-2-4-6-8-10-12-14-16-24(29)30/h26-28H,1-23H2. The molecule has 0 aromatic rings. The van der Waals surface area contributed by atoms with Gasteiger partial charge in [0.15, 0.2) is 0 Å². The van der Waals surface area contributed by atoms with Crippen LogP contribution in [0.5, 0.6) is 0 Å². The monoisotopic (exact) mass is 431 g/mol. The summed E-state index contributed by atoms with van der Waals surface area (Å²) in [4.78, 5) is 10.3. The summed E-state index contributed by atoms with van der Waals surface area (Å²) in [6.45, 7) is 3.08. The third kappa shape index (κ3) is 18.1.